The van der Waals surface area contributed by atoms with Gasteiger partial charge in [0.15, 0.2) is 0 Å². The number of aryl methyl sites for hydroxylation is 1. The summed E-state index contributed by atoms with van der Waals surface area (Å²) < 4.78 is 35.1. The zero-order valence-electron chi connectivity index (χ0n) is 20.8. The maximum atomic E-state index is 13.1. The van der Waals surface area contributed by atoms with Crippen molar-refractivity contribution in [3.63, 3.8) is 0 Å². The van der Waals surface area contributed by atoms with Gasteiger partial charge in [-0.05, 0) is 104 Å². The molecule has 5 rings (SSSR count). The van der Waals surface area contributed by atoms with Crippen LogP contribution in [0, 0.1) is 16.7 Å². The van der Waals surface area contributed by atoms with Gasteiger partial charge >= 0.3 is 5.97 Å². The Balaban J connectivity index is 1.41. The van der Waals surface area contributed by atoms with E-state index < -0.39 is 16.0 Å². The number of hydrogen-bond donors (Lipinski definition) is 1. The molecule has 0 heterocycles. The highest BCUT2D eigenvalue weighted by Crippen LogP contribution is 2.68. The zero-order chi connectivity index (χ0) is 25.0. The summed E-state index contributed by atoms with van der Waals surface area (Å²) in [4.78, 5) is 13.0. The molecule has 0 radical (unpaired) electrons. The normalized spacial score (nSPS) is 31.7. The largest absolute Gasteiger partial charge is 0.497 e. The van der Waals surface area contributed by atoms with E-state index in [1.807, 2.05) is 0 Å². The van der Waals surface area contributed by atoms with Gasteiger partial charge in [-0.25, -0.2) is 18.4 Å². The van der Waals surface area contributed by atoms with Gasteiger partial charge in [0.05, 0.1) is 17.6 Å². The van der Waals surface area contributed by atoms with Gasteiger partial charge in [0.1, 0.15) is 11.9 Å². The number of fused-ring (bicyclic) bond motifs is 5. The maximum Gasteiger partial charge on any atom is 0.338 e. The molecule has 2 N–H and O–H groups in total. The van der Waals surface area contributed by atoms with Gasteiger partial charge < -0.3 is 9.47 Å². The summed E-state index contributed by atoms with van der Waals surface area (Å²) in [7, 11) is -2.17. The van der Waals surface area contributed by atoms with Crippen LogP contribution in [0.5, 0.6) is 5.75 Å². The van der Waals surface area contributed by atoms with Gasteiger partial charge in [-0.15, -0.1) is 0 Å². The van der Waals surface area contributed by atoms with Crippen molar-refractivity contribution in [2.45, 2.75) is 75.7 Å². The van der Waals surface area contributed by atoms with Crippen LogP contribution in [-0.2, 0) is 21.2 Å². The third kappa shape index (κ3) is 3.87. The first-order chi connectivity index (χ1) is 16.6. The SMILES string of the molecule is CC[C@@]12CCc3cc(OC)ccc3[C@H]1CC[C@]1(C)[C@@H](OC(=O)c3cccc(S(N)(=O)=O)c3)CC[C@H]12. The molecule has 0 amide bonds. The van der Waals surface area contributed by atoms with Crippen LogP contribution in [0.2, 0.25) is 0 Å². The molecule has 2 aromatic rings. The lowest BCUT2D eigenvalue weighted by molar-refractivity contribution is -0.0842. The number of sulfonamides is 1. The van der Waals surface area contributed by atoms with Crippen molar-refractivity contribution < 1.29 is 22.7 Å². The fourth-order valence-corrected chi connectivity index (χ4v) is 8.33. The topological polar surface area (TPSA) is 95.7 Å². The highest BCUT2D eigenvalue weighted by atomic mass is 32.2. The molecule has 0 aliphatic heterocycles. The number of ether oxygens (including phenoxy) is 2. The average molecular weight is 498 g/mol. The molecule has 0 spiro atoms. The lowest BCUT2D eigenvalue weighted by Gasteiger charge is -2.58. The molecule has 2 fully saturated rings. The van der Waals surface area contributed by atoms with Crippen molar-refractivity contribution >= 4 is 16.0 Å². The number of carbonyl (C=O) groups excluding carboxylic acids is 1. The Labute approximate surface area is 208 Å². The Kier molecular flexibility index (Phi) is 5.99. The first-order valence-electron chi connectivity index (χ1n) is 12.6. The number of esters is 1. The van der Waals surface area contributed by atoms with E-state index >= 15 is 0 Å². The van der Waals surface area contributed by atoms with Crippen molar-refractivity contribution in [1.29, 1.82) is 0 Å². The average Bonchev–Trinajstić information content (AvgIpc) is 3.19. The van der Waals surface area contributed by atoms with Crippen LogP contribution in [0.1, 0.15) is 79.8 Å². The Morgan fingerprint density at radius 1 is 1.11 bits per heavy atom. The molecule has 2 saturated carbocycles. The van der Waals surface area contributed by atoms with Gasteiger partial charge in [0, 0.05) is 5.41 Å². The molecule has 0 bridgehead atoms. The van der Waals surface area contributed by atoms with E-state index in [4.69, 9.17) is 14.6 Å². The van der Waals surface area contributed by atoms with E-state index in [2.05, 4.69) is 32.0 Å². The van der Waals surface area contributed by atoms with Crippen molar-refractivity contribution in [2.24, 2.45) is 21.9 Å². The monoisotopic (exact) mass is 497 g/mol. The first-order valence-corrected chi connectivity index (χ1v) is 14.2. The Morgan fingerprint density at radius 2 is 1.91 bits per heavy atom. The van der Waals surface area contributed by atoms with Crippen molar-refractivity contribution in [1.82, 2.24) is 0 Å². The van der Waals surface area contributed by atoms with E-state index in [0.29, 0.717) is 11.8 Å². The lowest BCUT2D eigenvalue weighted by Crippen LogP contribution is -2.52. The number of hydrogen-bond acceptors (Lipinski definition) is 5. The number of methoxy groups -OCH3 is 1. The van der Waals surface area contributed by atoms with Crippen LogP contribution in [0.25, 0.3) is 0 Å². The number of primary sulfonamides is 1. The fraction of sp³-hybridized carbons (Fsp3) is 0.536. The third-order valence-electron chi connectivity index (χ3n) is 9.50. The highest BCUT2D eigenvalue weighted by Gasteiger charge is 2.62. The summed E-state index contributed by atoms with van der Waals surface area (Å²) >= 11 is 0. The van der Waals surface area contributed by atoms with Crippen LogP contribution in [0.15, 0.2) is 47.4 Å². The quantitative estimate of drug-likeness (QED) is 0.573. The van der Waals surface area contributed by atoms with Gasteiger partial charge in [0.2, 0.25) is 10.0 Å². The third-order valence-corrected chi connectivity index (χ3v) is 10.4. The number of benzene rings is 2. The minimum Gasteiger partial charge on any atom is -0.497 e. The molecule has 3 aliphatic rings. The van der Waals surface area contributed by atoms with E-state index in [1.54, 1.807) is 13.2 Å². The Hall–Kier alpha value is -2.38. The van der Waals surface area contributed by atoms with Gasteiger partial charge in [-0.2, -0.15) is 0 Å². The fourth-order valence-electron chi connectivity index (χ4n) is 7.77. The summed E-state index contributed by atoms with van der Waals surface area (Å²) in [6, 6.07) is 12.4. The van der Waals surface area contributed by atoms with Gasteiger partial charge in [0.25, 0.3) is 0 Å². The minimum atomic E-state index is -3.89. The summed E-state index contributed by atoms with van der Waals surface area (Å²) in [5, 5.41) is 5.25. The molecule has 5 atom stereocenters. The van der Waals surface area contributed by atoms with E-state index in [-0.39, 0.29) is 27.4 Å². The standard InChI is InChI=1S/C28H35NO5S/c1-4-28-15-12-18-16-20(33-3)8-9-22(18)23(28)13-14-27(2)24(28)10-11-25(27)34-26(30)19-6-5-7-21(17-19)35(29,31)32/h5-9,16-17,23-25H,4,10-15H2,1-3H3,(H2,29,31,32)/t23-,24-,25+,27+,28-/m1/s1. The molecule has 0 saturated heterocycles. The molecular weight excluding hydrogens is 462 g/mol. The van der Waals surface area contributed by atoms with Crippen LogP contribution < -0.4 is 9.88 Å². The molecule has 35 heavy (non-hydrogen) atoms. The minimum absolute atomic E-state index is 0.0783. The zero-order valence-corrected chi connectivity index (χ0v) is 21.6. The molecule has 0 unspecified atom stereocenters. The van der Waals surface area contributed by atoms with Crippen LogP contribution in [-0.4, -0.2) is 27.6 Å². The summed E-state index contributed by atoms with van der Waals surface area (Å²) in [6.45, 7) is 4.63. The Bertz CT molecular complexity index is 1260. The second-order valence-corrected chi connectivity index (χ2v) is 12.4. The molecule has 2 aromatic carbocycles. The molecule has 7 heteroatoms. The highest BCUT2D eigenvalue weighted by molar-refractivity contribution is 7.89. The second kappa shape index (κ2) is 8.63. The lowest BCUT2D eigenvalue weighted by atomic mass is 9.46. The first kappa shape index (κ1) is 24.3. The molecule has 6 nitrogen and oxygen atoms in total. The molecule has 3 aliphatic carbocycles. The number of nitrogens with two attached hydrogens (primary N) is 1. The van der Waals surface area contributed by atoms with Gasteiger partial charge in [-0.3, -0.25) is 0 Å². The predicted molar refractivity (Wildman–Crippen MR) is 134 cm³/mol. The summed E-state index contributed by atoms with van der Waals surface area (Å²) in [5.74, 6) is 1.44. The van der Waals surface area contributed by atoms with Gasteiger partial charge in [-0.1, -0.05) is 26.0 Å². The van der Waals surface area contributed by atoms with Crippen molar-refractivity contribution in [3.8, 4) is 5.75 Å². The van der Waals surface area contributed by atoms with E-state index in [0.717, 1.165) is 50.7 Å². The van der Waals surface area contributed by atoms with Crippen LogP contribution >= 0.6 is 0 Å². The smallest absolute Gasteiger partial charge is 0.338 e. The number of carbonyl (C=O) groups is 1. The van der Waals surface area contributed by atoms with Crippen LogP contribution in [0.4, 0.5) is 0 Å². The maximum absolute atomic E-state index is 13.1. The van der Waals surface area contributed by atoms with E-state index in [9.17, 15) is 13.2 Å². The summed E-state index contributed by atoms with van der Waals surface area (Å²) in [6.07, 6.45) is 7.09. The van der Waals surface area contributed by atoms with Crippen molar-refractivity contribution in [2.75, 3.05) is 7.11 Å². The Morgan fingerprint density at radius 3 is 2.63 bits per heavy atom. The van der Waals surface area contributed by atoms with Crippen molar-refractivity contribution in [3.05, 3.63) is 59.2 Å². The van der Waals surface area contributed by atoms with E-state index in [1.165, 1.54) is 29.3 Å². The molecule has 188 valence electrons. The second-order valence-electron chi connectivity index (χ2n) is 10.8. The molecular formula is C28H35NO5S. The number of rotatable bonds is 5. The summed E-state index contributed by atoms with van der Waals surface area (Å²) in [5.41, 5.74) is 3.22. The van der Waals surface area contributed by atoms with Crippen LogP contribution in [0.3, 0.4) is 0 Å². The molecule has 0 aromatic heterocycles. The predicted octanol–water partition coefficient (Wildman–Crippen LogP) is 5.20.